The van der Waals surface area contributed by atoms with Crippen LogP contribution in [0, 0.1) is 11.3 Å². The molecule has 0 radical (unpaired) electrons. The molecule has 0 saturated heterocycles. The Hall–Kier alpha value is -3.26. The molecule has 0 aromatic heterocycles. The molecule has 0 aliphatic carbocycles. The molecule has 116 valence electrons. The van der Waals surface area contributed by atoms with Crippen LogP contribution in [0.25, 0.3) is 6.08 Å². The molecular formula is C18H16N2O3. The summed E-state index contributed by atoms with van der Waals surface area (Å²) >= 11 is 0. The molecular weight excluding hydrogens is 292 g/mol. The lowest BCUT2D eigenvalue weighted by molar-refractivity contribution is -0.111. The van der Waals surface area contributed by atoms with Gasteiger partial charge in [-0.15, -0.1) is 0 Å². The minimum atomic E-state index is -0.278. The Labute approximate surface area is 134 Å². The molecule has 0 saturated carbocycles. The molecule has 0 bridgehead atoms. The number of anilines is 1. The molecule has 1 N–H and O–H groups in total. The van der Waals surface area contributed by atoms with E-state index >= 15 is 0 Å². The number of benzene rings is 2. The topological polar surface area (TPSA) is 71.3 Å². The highest BCUT2D eigenvalue weighted by atomic mass is 16.5. The van der Waals surface area contributed by atoms with Gasteiger partial charge in [-0.25, -0.2) is 0 Å². The Morgan fingerprint density at radius 3 is 2.48 bits per heavy atom. The lowest BCUT2D eigenvalue weighted by Gasteiger charge is -2.09. The Morgan fingerprint density at radius 1 is 1.13 bits per heavy atom. The monoisotopic (exact) mass is 308 g/mol. The zero-order chi connectivity index (χ0) is 16.7. The second kappa shape index (κ2) is 7.66. The van der Waals surface area contributed by atoms with Crippen molar-refractivity contribution in [1.82, 2.24) is 0 Å². The molecule has 0 heterocycles. The van der Waals surface area contributed by atoms with Gasteiger partial charge in [-0.05, 0) is 36.4 Å². The first kappa shape index (κ1) is 16.1. The average Bonchev–Trinajstić information content (AvgIpc) is 2.60. The van der Waals surface area contributed by atoms with Crippen molar-refractivity contribution in [2.45, 2.75) is 0 Å². The predicted octanol–water partition coefficient (Wildman–Crippen LogP) is 3.23. The molecule has 0 spiro atoms. The zero-order valence-corrected chi connectivity index (χ0v) is 12.9. The highest BCUT2D eigenvalue weighted by Crippen LogP contribution is 2.31. The van der Waals surface area contributed by atoms with Crippen LogP contribution >= 0.6 is 0 Å². The molecule has 0 aliphatic heterocycles. The fourth-order valence-corrected chi connectivity index (χ4v) is 2.02. The van der Waals surface area contributed by atoms with E-state index in [0.717, 1.165) is 5.56 Å². The van der Waals surface area contributed by atoms with E-state index in [0.29, 0.717) is 22.7 Å². The van der Waals surface area contributed by atoms with E-state index in [4.69, 9.17) is 14.7 Å². The largest absolute Gasteiger partial charge is 0.493 e. The van der Waals surface area contributed by atoms with Gasteiger partial charge in [-0.3, -0.25) is 4.79 Å². The first-order valence-corrected chi connectivity index (χ1v) is 6.88. The van der Waals surface area contributed by atoms with Crippen LogP contribution in [0.15, 0.2) is 48.5 Å². The van der Waals surface area contributed by atoms with Crippen molar-refractivity contribution < 1.29 is 14.3 Å². The molecule has 2 rings (SSSR count). The molecule has 0 unspecified atom stereocenters. The van der Waals surface area contributed by atoms with E-state index in [1.54, 1.807) is 50.6 Å². The van der Waals surface area contributed by atoms with Crippen LogP contribution in [0.3, 0.4) is 0 Å². The van der Waals surface area contributed by atoms with Crippen LogP contribution in [-0.4, -0.2) is 20.1 Å². The number of rotatable bonds is 5. The van der Waals surface area contributed by atoms with Gasteiger partial charge in [-0.1, -0.05) is 12.1 Å². The highest BCUT2D eigenvalue weighted by Gasteiger charge is 2.07. The standard InChI is InChI=1S/C18H16N2O3/c1-22-16-5-3-4-14(18(16)23-2)8-11-17(21)20-15-9-6-13(12-19)7-10-15/h3-11H,1-2H3,(H,20,21)/b11-8+. The second-order valence-electron chi connectivity index (χ2n) is 4.59. The van der Waals surface area contributed by atoms with E-state index < -0.39 is 0 Å². The SMILES string of the molecule is COc1cccc(/C=C/C(=O)Nc2ccc(C#N)cc2)c1OC. The van der Waals surface area contributed by atoms with Gasteiger partial charge in [0, 0.05) is 17.3 Å². The summed E-state index contributed by atoms with van der Waals surface area (Å²) in [5.41, 5.74) is 1.90. The normalized spacial score (nSPS) is 10.1. The van der Waals surface area contributed by atoms with Gasteiger partial charge >= 0.3 is 0 Å². The third-order valence-corrected chi connectivity index (χ3v) is 3.13. The summed E-state index contributed by atoms with van der Waals surface area (Å²) in [6.07, 6.45) is 3.07. The van der Waals surface area contributed by atoms with Crippen LogP contribution in [0.4, 0.5) is 5.69 Å². The minimum Gasteiger partial charge on any atom is -0.493 e. The molecule has 1 amide bonds. The Kier molecular flexibility index (Phi) is 5.37. The fraction of sp³-hybridized carbons (Fsp3) is 0.111. The lowest BCUT2D eigenvalue weighted by Crippen LogP contribution is -2.07. The number of methoxy groups -OCH3 is 2. The highest BCUT2D eigenvalue weighted by molar-refractivity contribution is 6.02. The molecule has 0 fully saturated rings. The maximum Gasteiger partial charge on any atom is 0.248 e. The van der Waals surface area contributed by atoms with E-state index in [2.05, 4.69) is 5.32 Å². The molecule has 5 nitrogen and oxygen atoms in total. The molecule has 5 heteroatoms. The number of nitrogens with zero attached hydrogens (tertiary/aromatic N) is 1. The lowest BCUT2D eigenvalue weighted by atomic mass is 10.1. The molecule has 0 atom stereocenters. The van der Waals surface area contributed by atoms with Crippen LogP contribution < -0.4 is 14.8 Å². The van der Waals surface area contributed by atoms with Crippen molar-refractivity contribution in [2.75, 3.05) is 19.5 Å². The summed E-state index contributed by atoms with van der Waals surface area (Å²) in [5, 5.41) is 11.5. The number of carbonyl (C=O) groups excluding carboxylic acids is 1. The molecule has 0 aliphatic rings. The van der Waals surface area contributed by atoms with Crippen molar-refractivity contribution in [3.8, 4) is 17.6 Å². The summed E-state index contributed by atoms with van der Waals surface area (Å²) in [6.45, 7) is 0. The van der Waals surface area contributed by atoms with Crippen LogP contribution in [0.5, 0.6) is 11.5 Å². The average molecular weight is 308 g/mol. The van der Waals surface area contributed by atoms with Crippen LogP contribution in [0.1, 0.15) is 11.1 Å². The van der Waals surface area contributed by atoms with Crippen molar-refractivity contribution in [2.24, 2.45) is 0 Å². The Balaban J connectivity index is 2.10. The van der Waals surface area contributed by atoms with E-state index in [1.165, 1.54) is 6.08 Å². The van der Waals surface area contributed by atoms with Crippen molar-refractivity contribution in [3.63, 3.8) is 0 Å². The first-order chi connectivity index (χ1) is 11.2. The quantitative estimate of drug-likeness (QED) is 0.861. The number of para-hydroxylation sites is 1. The predicted molar refractivity (Wildman–Crippen MR) is 88.4 cm³/mol. The van der Waals surface area contributed by atoms with Crippen molar-refractivity contribution in [3.05, 3.63) is 59.7 Å². The van der Waals surface area contributed by atoms with E-state index in [-0.39, 0.29) is 5.91 Å². The van der Waals surface area contributed by atoms with Gasteiger partial charge in [0.25, 0.3) is 0 Å². The molecule has 2 aromatic rings. The van der Waals surface area contributed by atoms with Gasteiger partial charge in [0.1, 0.15) is 0 Å². The summed E-state index contributed by atoms with van der Waals surface area (Å²) in [7, 11) is 3.11. The first-order valence-electron chi connectivity index (χ1n) is 6.88. The summed E-state index contributed by atoms with van der Waals surface area (Å²) < 4.78 is 10.5. The number of hydrogen-bond acceptors (Lipinski definition) is 4. The zero-order valence-electron chi connectivity index (χ0n) is 12.9. The van der Waals surface area contributed by atoms with Crippen molar-refractivity contribution in [1.29, 1.82) is 5.26 Å². The fourth-order valence-electron chi connectivity index (χ4n) is 2.02. The van der Waals surface area contributed by atoms with Gasteiger partial charge in [0.15, 0.2) is 11.5 Å². The number of ether oxygens (including phenoxy) is 2. The van der Waals surface area contributed by atoms with Gasteiger partial charge in [0.05, 0.1) is 25.9 Å². The number of hydrogen-bond donors (Lipinski definition) is 1. The maximum atomic E-state index is 12.0. The van der Waals surface area contributed by atoms with Gasteiger partial charge in [-0.2, -0.15) is 5.26 Å². The minimum absolute atomic E-state index is 0.278. The summed E-state index contributed by atoms with van der Waals surface area (Å²) in [6, 6.07) is 14.1. The maximum absolute atomic E-state index is 12.0. The Bertz CT molecular complexity index is 759. The third kappa shape index (κ3) is 4.11. The number of carbonyl (C=O) groups is 1. The molecule has 2 aromatic carbocycles. The van der Waals surface area contributed by atoms with Gasteiger partial charge in [0.2, 0.25) is 5.91 Å². The summed E-state index contributed by atoms with van der Waals surface area (Å²) in [4.78, 5) is 12.0. The number of amides is 1. The Morgan fingerprint density at radius 2 is 1.87 bits per heavy atom. The number of nitriles is 1. The van der Waals surface area contributed by atoms with E-state index in [9.17, 15) is 4.79 Å². The number of nitrogens with one attached hydrogen (secondary N) is 1. The van der Waals surface area contributed by atoms with Crippen LogP contribution in [-0.2, 0) is 4.79 Å². The smallest absolute Gasteiger partial charge is 0.248 e. The third-order valence-electron chi connectivity index (χ3n) is 3.13. The summed E-state index contributed by atoms with van der Waals surface area (Å²) in [5.74, 6) is 0.888. The van der Waals surface area contributed by atoms with Gasteiger partial charge < -0.3 is 14.8 Å². The second-order valence-corrected chi connectivity index (χ2v) is 4.59. The van der Waals surface area contributed by atoms with E-state index in [1.807, 2.05) is 18.2 Å². The van der Waals surface area contributed by atoms with Crippen LogP contribution in [0.2, 0.25) is 0 Å². The molecule has 23 heavy (non-hydrogen) atoms. The van der Waals surface area contributed by atoms with Crippen molar-refractivity contribution >= 4 is 17.7 Å².